The van der Waals surface area contributed by atoms with Crippen LogP contribution in [0.1, 0.15) is 74.5 Å². The lowest BCUT2D eigenvalue weighted by Gasteiger charge is -2.37. The zero-order chi connectivity index (χ0) is 32.8. The Bertz CT molecular complexity index is 1330. The second-order valence-corrected chi connectivity index (χ2v) is 9.81. The Morgan fingerprint density at radius 3 is 1.73 bits per heavy atom. The van der Waals surface area contributed by atoms with Crippen LogP contribution in [0.3, 0.4) is 0 Å². The number of hydrogen-bond acceptors (Lipinski definition) is 7. The lowest BCUT2D eigenvalue weighted by molar-refractivity contribution is -0.274. The van der Waals surface area contributed by atoms with Crippen molar-refractivity contribution in [1.29, 1.82) is 0 Å². The maximum atomic E-state index is 12.8. The number of carbonyl (C=O) groups is 2. The first-order valence-corrected chi connectivity index (χ1v) is 15.0. The van der Waals surface area contributed by atoms with Gasteiger partial charge >= 0.3 is 6.36 Å². The second kappa shape index (κ2) is 17.2. The van der Waals surface area contributed by atoms with Crippen LogP contribution in [-0.4, -0.2) is 49.9 Å². The summed E-state index contributed by atoms with van der Waals surface area (Å²) >= 11 is 0. The molecule has 1 saturated heterocycles. The average molecular weight is 632 g/mol. The third-order valence-corrected chi connectivity index (χ3v) is 6.78. The molecule has 4 rings (SSSR count). The molecule has 0 bridgehead atoms. The van der Waals surface area contributed by atoms with Gasteiger partial charge in [0.1, 0.15) is 28.7 Å². The van der Waals surface area contributed by atoms with Gasteiger partial charge in [-0.3, -0.25) is 9.59 Å². The highest BCUT2D eigenvalue weighted by Crippen LogP contribution is 2.43. The van der Waals surface area contributed by atoms with Gasteiger partial charge in [-0.25, -0.2) is 0 Å². The number of rotatable bonds is 13. The van der Waals surface area contributed by atoms with Crippen LogP contribution < -0.4 is 23.7 Å². The Hall–Kier alpha value is -4.41. The molecule has 45 heavy (non-hydrogen) atoms. The fraction of sp³-hybridized carbons (Fsp3) is 0.412. The molecule has 8 nitrogen and oxygen atoms in total. The SMILES string of the molecule is CCOc1cccc(OCC)c1C1CCCC(=O)N1Cc1ccc(OC(F)(F)F)cc1.CCOc1cccc(OCC)c1C=O. The van der Waals surface area contributed by atoms with Gasteiger partial charge in [0.15, 0.2) is 6.29 Å². The number of halogens is 3. The highest BCUT2D eigenvalue weighted by molar-refractivity contribution is 5.83. The van der Waals surface area contributed by atoms with Crippen LogP contribution in [0, 0.1) is 0 Å². The number of piperidine rings is 1. The molecule has 0 aliphatic carbocycles. The van der Waals surface area contributed by atoms with E-state index in [1.54, 1.807) is 17.0 Å². The summed E-state index contributed by atoms with van der Waals surface area (Å²) in [6, 6.07) is 16.2. The summed E-state index contributed by atoms with van der Waals surface area (Å²) in [7, 11) is 0. The average Bonchev–Trinajstić information content (AvgIpc) is 3.00. The predicted octanol–water partition coefficient (Wildman–Crippen LogP) is 7.93. The normalized spacial score (nSPS) is 14.6. The molecule has 1 aliphatic rings. The molecule has 0 aromatic heterocycles. The zero-order valence-corrected chi connectivity index (χ0v) is 26.0. The number of aldehydes is 1. The smallest absolute Gasteiger partial charge is 0.493 e. The summed E-state index contributed by atoms with van der Waals surface area (Å²) in [6.07, 6.45) is -2.08. The van der Waals surface area contributed by atoms with Crippen LogP contribution in [-0.2, 0) is 11.3 Å². The molecule has 0 N–H and O–H groups in total. The highest BCUT2D eigenvalue weighted by Gasteiger charge is 2.34. The van der Waals surface area contributed by atoms with Gasteiger partial charge in [-0.15, -0.1) is 13.2 Å². The predicted molar refractivity (Wildman–Crippen MR) is 163 cm³/mol. The van der Waals surface area contributed by atoms with Gasteiger partial charge in [0.2, 0.25) is 5.91 Å². The molecular formula is C34H40F3NO7. The molecule has 244 valence electrons. The molecule has 1 fully saturated rings. The number of nitrogens with zero attached hydrogens (tertiary/aromatic N) is 1. The number of alkyl halides is 3. The summed E-state index contributed by atoms with van der Waals surface area (Å²) < 4.78 is 63.4. The first-order chi connectivity index (χ1) is 21.6. The molecule has 1 amide bonds. The molecule has 11 heteroatoms. The largest absolute Gasteiger partial charge is 0.573 e. The van der Waals surface area contributed by atoms with E-state index in [-0.39, 0.29) is 24.2 Å². The van der Waals surface area contributed by atoms with Gasteiger partial charge < -0.3 is 28.6 Å². The van der Waals surface area contributed by atoms with E-state index >= 15 is 0 Å². The zero-order valence-electron chi connectivity index (χ0n) is 26.0. The van der Waals surface area contributed by atoms with Gasteiger partial charge in [-0.05, 0) is 82.5 Å². The maximum absolute atomic E-state index is 12.8. The van der Waals surface area contributed by atoms with E-state index in [1.807, 2.05) is 52.0 Å². The fourth-order valence-electron chi connectivity index (χ4n) is 5.03. The number of benzene rings is 3. The summed E-state index contributed by atoms with van der Waals surface area (Å²) in [6.45, 7) is 9.84. The molecule has 3 aromatic carbocycles. The number of likely N-dealkylation sites (tertiary alicyclic amines) is 1. The standard InChI is InChI=1S/C23H26F3NO4.C11H14O3/c1-3-29-19-8-6-9-20(30-4-2)22(19)18-7-5-10-21(28)27(18)15-16-11-13-17(14-12-16)31-23(24,25)26;1-3-13-10-6-5-7-11(14-4-2)9(10)8-12/h6,8-9,11-14,18H,3-5,7,10,15H2,1-2H3;5-8H,3-4H2,1-2H3. The van der Waals surface area contributed by atoms with Crippen molar-refractivity contribution in [3.05, 3.63) is 77.4 Å². The van der Waals surface area contributed by atoms with Crippen molar-refractivity contribution < 1.29 is 46.4 Å². The minimum Gasteiger partial charge on any atom is -0.493 e. The lowest BCUT2D eigenvalue weighted by atomic mass is 9.92. The van der Waals surface area contributed by atoms with Crippen molar-refractivity contribution in [1.82, 2.24) is 4.90 Å². The van der Waals surface area contributed by atoms with E-state index in [1.165, 1.54) is 24.3 Å². The Kier molecular flexibility index (Phi) is 13.4. The van der Waals surface area contributed by atoms with E-state index in [4.69, 9.17) is 18.9 Å². The Labute approximate surface area is 262 Å². The van der Waals surface area contributed by atoms with Crippen molar-refractivity contribution >= 4 is 12.2 Å². The van der Waals surface area contributed by atoms with Crippen molar-refractivity contribution in [3.63, 3.8) is 0 Å². The molecule has 0 spiro atoms. The monoisotopic (exact) mass is 631 g/mol. The van der Waals surface area contributed by atoms with Crippen LogP contribution >= 0.6 is 0 Å². The number of carbonyl (C=O) groups excluding carboxylic acids is 2. The maximum Gasteiger partial charge on any atom is 0.573 e. The van der Waals surface area contributed by atoms with Crippen LogP contribution in [0.15, 0.2) is 60.7 Å². The summed E-state index contributed by atoms with van der Waals surface area (Å²) in [4.78, 5) is 25.4. The molecular weight excluding hydrogens is 591 g/mol. The first kappa shape index (κ1) is 35.1. The summed E-state index contributed by atoms with van der Waals surface area (Å²) in [5.74, 6) is 2.19. The van der Waals surface area contributed by atoms with Gasteiger partial charge in [-0.1, -0.05) is 24.3 Å². The van der Waals surface area contributed by atoms with Gasteiger partial charge in [-0.2, -0.15) is 0 Å². The van der Waals surface area contributed by atoms with Crippen molar-refractivity contribution in [3.8, 4) is 28.7 Å². The Morgan fingerprint density at radius 1 is 0.778 bits per heavy atom. The van der Waals surface area contributed by atoms with E-state index in [0.717, 1.165) is 24.7 Å². The quantitative estimate of drug-likeness (QED) is 0.177. The van der Waals surface area contributed by atoms with Crippen molar-refractivity contribution in [2.24, 2.45) is 0 Å². The summed E-state index contributed by atoms with van der Waals surface area (Å²) in [5.41, 5.74) is 2.02. The Morgan fingerprint density at radius 2 is 1.27 bits per heavy atom. The molecule has 1 unspecified atom stereocenters. The van der Waals surface area contributed by atoms with Crippen molar-refractivity contribution in [2.45, 2.75) is 65.9 Å². The molecule has 0 saturated carbocycles. The van der Waals surface area contributed by atoms with Gasteiger partial charge in [0.25, 0.3) is 0 Å². The molecule has 3 aromatic rings. The van der Waals surface area contributed by atoms with E-state index in [2.05, 4.69) is 4.74 Å². The number of ether oxygens (including phenoxy) is 5. The van der Waals surface area contributed by atoms with Gasteiger partial charge in [0.05, 0.1) is 43.6 Å². The summed E-state index contributed by atoms with van der Waals surface area (Å²) in [5, 5.41) is 0. The Balaban J connectivity index is 0.000000330. The third kappa shape index (κ3) is 10.1. The lowest BCUT2D eigenvalue weighted by Crippen LogP contribution is -2.38. The van der Waals surface area contributed by atoms with E-state index in [0.29, 0.717) is 67.0 Å². The van der Waals surface area contributed by atoms with Crippen LogP contribution in [0.5, 0.6) is 28.7 Å². The van der Waals surface area contributed by atoms with Crippen LogP contribution in [0.4, 0.5) is 13.2 Å². The topological polar surface area (TPSA) is 83.5 Å². The second-order valence-electron chi connectivity index (χ2n) is 9.81. The molecule has 1 aliphatic heterocycles. The van der Waals surface area contributed by atoms with Gasteiger partial charge in [0, 0.05) is 13.0 Å². The third-order valence-electron chi connectivity index (χ3n) is 6.78. The van der Waals surface area contributed by atoms with E-state index < -0.39 is 6.36 Å². The van der Waals surface area contributed by atoms with E-state index in [9.17, 15) is 22.8 Å². The molecule has 1 heterocycles. The van der Waals surface area contributed by atoms with Crippen molar-refractivity contribution in [2.75, 3.05) is 26.4 Å². The minimum absolute atomic E-state index is 0.0133. The minimum atomic E-state index is -4.74. The molecule has 0 radical (unpaired) electrons. The number of hydrogen-bond donors (Lipinski definition) is 0. The number of amides is 1. The van der Waals surface area contributed by atoms with Crippen LogP contribution in [0.25, 0.3) is 0 Å². The first-order valence-electron chi connectivity index (χ1n) is 15.0. The van der Waals surface area contributed by atoms with Crippen LogP contribution in [0.2, 0.25) is 0 Å². The fourth-order valence-corrected chi connectivity index (χ4v) is 5.03. The molecule has 1 atom stereocenters. The highest BCUT2D eigenvalue weighted by atomic mass is 19.4.